The molecule has 0 spiro atoms. The molecule has 2 atom stereocenters. The van der Waals surface area contributed by atoms with Gasteiger partial charge in [-0.15, -0.1) is 10.2 Å². The zero-order chi connectivity index (χ0) is 21.8. The number of aromatic nitrogens is 4. The van der Waals surface area contributed by atoms with Crippen LogP contribution in [-0.4, -0.2) is 31.4 Å². The molecule has 1 aliphatic rings. The third-order valence-corrected chi connectivity index (χ3v) is 6.97. The zero-order valence-electron chi connectivity index (χ0n) is 17.7. The second-order valence-electron chi connectivity index (χ2n) is 8.07. The van der Waals surface area contributed by atoms with Crippen LogP contribution < -0.4 is 5.32 Å². The summed E-state index contributed by atoms with van der Waals surface area (Å²) < 4.78 is 2.22. The van der Waals surface area contributed by atoms with Gasteiger partial charge in [-0.05, 0) is 55.5 Å². The highest BCUT2D eigenvalue weighted by atomic mass is 35.5. The van der Waals surface area contributed by atoms with E-state index in [-0.39, 0.29) is 11.7 Å². The largest absolute Gasteiger partial charge is 0.324 e. The van der Waals surface area contributed by atoms with Crippen molar-refractivity contribution in [1.29, 1.82) is 0 Å². The van der Waals surface area contributed by atoms with Crippen molar-refractivity contribution in [2.45, 2.75) is 50.7 Å². The molecule has 4 rings (SSSR count). The van der Waals surface area contributed by atoms with Crippen molar-refractivity contribution in [3.63, 3.8) is 0 Å². The van der Waals surface area contributed by atoms with Crippen LogP contribution in [0.15, 0.2) is 47.9 Å². The van der Waals surface area contributed by atoms with E-state index in [1.165, 1.54) is 31.0 Å². The molecule has 162 valence electrons. The van der Waals surface area contributed by atoms with Gasteiger partial charge in [0.2, 0.25) is 5.91 Å². The molecular weight excluding hydrogens is 430 g/mol. The molecule has 0 bridgehead atoms. The van der Waals surface area contributed by atoms with Gasteiger partial charge in [-0.3, -0.25) is 14.3 Å². The number of nitrogens with one attached hydrogen (secondary N) is 1. The minimum absolute atomic E-state index is 0.120. The van der Waals surface area contributed by atoms with Crippen LogP contribution in [0.4, 0.5) is 5.69 Å². The highest BCUT2D eigenvalue weighted by molar-refractivity contribution is 7.99. The molecule has 31 heavy (non-hydrogen) atoms. The number of rotatable bonds is 6. The molecule has 0 unspecified atom stereocenters. The lowest BCUT2D eigenvalue weighted by Crippen LogP contribution is -2.23. The van der Waals surface area contributed by atoms with E-state index < -0.39 is 0 Å². The molecule has 1 amide bonds. The summed E-state index contributed by atoms with van der Waals surface area (Å²) in [4.78, 5) is 16.8. The van der Waals surface area contributed by atoms with Gasteiger partial charge >= 0.3 is 0 Å². The van der Waals surface area contributed by atoms with Gasteiger partial charge in [-0.25, -0.2) is 0 Å². The summed E-state index contributed by atoms with van der Waals surface area (Å²) in [5.41, 5.74) is 2.61. The highest BCUT2D eigenvalue weighted by Gasteiger charge is 2.29. The lowest BCUT2D eigenvalue weighted by molar-refractivity contribution is -0.113. The summed E-state index contributed by atoms with van der Waals surface area (Å²) in [7, 11) is 0. The maximum Gasteiger partial charge on any atom is 0.234 e. The molecule has 1 N–H and O–H groups in total. The molecule has 3 aromatic rings. The number of anilines is 1. The van der Waals surface area contributed by atoms with Crippen LogP contribution in [0.1, 0.15) is 44.2 Å². The zero-order valence-corrected chi connectivity index (χ0v) is 19.3. The summed E-state index contributed by atoms with van der Waals surface area (Å²) in [5, 5.41) is 13.1. The fourth-order valence-electron chi connectivity index (χ4n) is 4.08. The molecule has 1 aliphatic carbocycles. The van der Waals surface area contributed by atoms with E-state index in [4.69, 9.17) is 11.6 Å². The van der Waals surface area contributed by atoms with Gasteiger partial charge in [0.25, 0.3) is 0 Å². The fraction of sp³-hybridized carbons (Fsp3) is 0.391. The first-order valence-electron chi connectivity index (χ1n) is 10.6. The van der Waals surface area contributed by atoms with Gasteiger partial charge in [-0.2, -0.15) is 0 Å². The number of hydrogen-bond donors (Lipinski definition) is 1. The number of pyridine rings is 1. The van der Waals surface area contributed by atoms with Crippen LogP contribution in [0.25, 0.3) is 11.4 Å². The van der Waals surface area contributed by atoms with Crippen molar-refractivity contribution in [2.24, 2.45) is 5.92 Å². The first-order valence-corrected chi connectivity index (χ1v) is 11.9. The number of thioether (sulfide) groups is 1. The smallest absolute Gasteiger partial charge is 0.234 e. The summed E-state index contributed by atoms with van der Waals surface area (Å²) >= 11 is 7.66. The molecule has 2 heterocycles. The van der Waals surface area contributed by atoms with Crippen LogP contribution in [-0.2, 0) is 4.79 Å². The molecule has 1 fully saturated rings. The molecule has 8 heteroatoms. The first-order chi connectivity index (χ1) is 15.0. The molecule has 1 aromatic carbocycles. The van der Waals surface area contributed by atoms with E-state index in [0.717, 1.165) is 28.5 Å². The van der Waals surface area contributed by atoms with Gasteiger partial charge in [0, 0.05) is 24.0 Å². The van der Waals surface area contributed by atoms with Crippen molar-refractivity contribution >= 4 is 35.0 Å². The summed E-state index contributed by atoms with van der Waals surface area (Å²) in [6.07, 6.45) is 8.29. The molecule has 0 radical (unpaired) electrons. The number of carbonyl (C=O) groups excluding carboxylic acids is 1. The summed E-state index contributed by atoms with van der Waals surface area (Å²) in [6, 6.07) is 9.82. The van der Waals surface area contributed by atoms with E-state index in [9.17, 15) is 4.79 Å². The van der Waals surface area contributed by atoms with Crippen LogP contribution in [0.2, 0.25) is 5.02 Å². The first kappa shape index (κ1) is 21.8. The number of halogens is 1. The minimum Gasteiger partial charge on any atom is -0.324 e. The Bertz CT molecular complexity index is 1060. The minimum atomic E-state index is -0.120. The van der Waals surface area contributed by atoms with Crippen LogP contribution in [0.5, 0.6) is 0 Å². The SMILES string of the molecule is Cc1ccc(NC(=O)CSc2nnc(-c3cccnc3)n2[C@@H]2CCCC[C@H]2C)c(Cl)c1. The highest BCUT2D eigenvalue weighted by Crippen LogP contribution is 2.38. The van der Waals surface area contributed by atoms with E-state index in [2.05, 4.69) is 32.0 Å². The van der Waals surface area contributed by atoms with Crippen molar-refractivity contribution in [1.82, 2.24) is 19.7 Å². The number of nitrogens with zero attached hydrogens (tertiary/aromatic N) is 4. The summed E-state index contributed by atoms with van der Waals surface area (Å²) in [6.45, 7) is 4.25. The van der Waals surface area contributed by atoms with E-state index in [1.54, 1.807) is 6.20 Å². The van der Waals surface area contributed by atoms with Crippen LogP contribution in [0, 0.1) is 12.8 Å². The van der Waals surface area contributed by atoms with Crippen molar-refractivity contribution in [3.8, 4) is 11.4 Å². The van der Waals surface area contributed by atoms with E-state index in [0.29, 0.717) is 22.7 Å². The summed E-state index contributed by atoms with van der Waals surface area (Å²) in [5.74, 6) is 1.46. The van der Waals surface area contributed by atoms with E-state index >= 15 is 0 Å². The Labute approximate surface area is 191 Å². The topological polar surface area (TPSA) is 72.7 Å². The Morgan fingerprint density at radius 3 is 2.84 bits per heavy atom. The number of benzene rings is 1. The molecule has 0 aliphatic heterocycles. The Morgan fingerprint density at radius 1 is 1.26 bits per heavy atom. The molecule has 6 nitrogen and oxygen atoms in total. The predicted octanol–water partition coefficient (Wildman–Crippen LogP) is 5.78. The molecule has 0 saturated heterocycles. The number of aryl methyl sites for hydroxylation is 1. The quantitative estimate of drug-likeness (QED) is 0.476. The van der Waals surface area contributed by atoms with Gasteiger partial charge < -0.3 is 5.32 Å². The third kappa shape index (κ3) is 5.10. The predicted molar refractivity (Wildman–Crippen MR) is 125 cm³/mol. The van der Waals surface area contributed by atoms with Gasteiger partial charge in [0.05, 0.1) is 16.5 Å². The molecule has 2 aromatic heterocycles. The van der Waals surface area contributed by atoms with Gasteiger partial charge in [0.1, 0.15) is 0 Å². The molecule has 1 saturated carbocycles. The molecular formula is C23H26ClN5OS. The third-order valence-electron chi connectivity index (χ3n) is 5.71. The lowest BCUT2D eigenvalue weighted by Gasteiger charge is -2.31. The lowest BCUT2D eigenvalue weighted by atomic mass is 9.85. The van der Waals surface area contributed by atoms with Crippen LogP contribution >= 0.6 is 23.4 Å². The average Bonchev–Trinajstić information content (AvgIpc) is 3.19. The fourth-order valence-corrected chi connectivity index (χ4v) is 5.16. The maximum absolute atomic E-state index is 12.6. The maximum atomic E-state index is 12.6. The number of amides is 1. The monoisotopic (exact) mass is 455 g/mol. The van der Waals surface area contributed by atoms with Crippen molar-refractivity contribution in [2.75, 3.05) is 11.1 Å². The Kier molecular flexibility index (Phi) is 6.92. The van der Waals surface area contributed by atoms with Gasteiger partial charge in [0.15, 0.2) is 11.0 Å². The van der Waals surface area contributed by atoms with Crippen LogP contribution in [0.3, 0.4) is 0 Å². The Morgan fingerprint density at radius 2 is 2.10 bits per heavy atom. The van der Waals surface area contributed by atoms with Crippen molar-refractivity contribution in [3.05, 3.63) is 53.3 Å². The van der Waals surface area contributed by atoms with E-state index in [1.807, 2.05) is 43.5 Å². The standard InChI is InChI=1S/C23H26ClN5OS/c1-15-9-10-19(18(24)12-15)26-21(30)14-31-23-28-27-22(17-7-5-11-25-13-17)29(23)20-8-4-3-6-16(20)2/h5,7,9-13,16,20H,3-4,6,8,14H2,1-2H3,(H,26,30)/t16-,20-/m1/s1. The average molecular weight is 456 g/mol. The number of hydrogen-bond acceptors (Lipinski definition) is 5. The second kappa shape index (κ2) is 9.83. The Hall–Kier alpha value is -2.38. The van der Waals surface area contributed by atoms with Gasteiger partial charge in [-0.1, -0.05) is 49.2 Å². The normalized spacial score (nSPS) is 18.7. The number of carbonyl (C=O) groups is 1. The Balaban J connectivity index is 1.55. The van der Waals surface area contributed by atoms with Crippen molar-refractivity contribution < 1.29 is 4.79 Å². The second-order valence-corrected chi connectivity index (χ2v) is 9.42.